The maximum Gasteiger partial charge on any atom is 0.454 e. The van der Waals surface area contributed by atoms with E-state index in [-0.39, 0.29) is 31.4 Å². The van der Waals surface area contributed by atoms with Gasteiger partial charge in [-0.1, -0.05) is 23.2 Å². The van der Waals surface area contributed by atoms with Gasteiger partial charge in [0, 0.05) is 29.4 Å². The zero-order valence-electron chi connectivity index (χ0n) is 19.9. The molecule has 1 heterocycles. The van der Waals surface area contributed by atoms with Crippen molar-refractivity contribution in [3.63, 3.8) is 0 Å². The predicted octanol–water partition coefficient (Wildman–Crippen LogP) is 6.28. The van der Waals surface area contributed by atoms with Gasteiger partial charge in [-0.15, -0.1) is 11.3 Å². The molecule has 0 aliphatic rings. The van der Waals surface area contributed by atoms with Crippen molar-refractivity contribution in [2.75, 3.05) is 30.4 Å². The number of hydrogen-bond acceptors (Lipinski definition) is 7. The quantitative estimate of drug-likeness (QED) is 0.286. The van der Waals surface area contributed by atoms with Crippen molar-refractivity contribution in [3.8, 4) is 11.5 Å². The largest absolute Gasteiger partial charge is 0.493 e. The van der Waals surface area contributed by atoms with E-state index in [1.807, 2.05) is 0 Å². The fraction of sp³-hybridized carbons (Fsp3) is 0.217. The Bertz CT molecular complexity index is 1490. The highest BCUT2D eigenvalue weighted by atomic mass is 35.5. The van der Waals surface area contributed by atoms with Gasteiger partial charge < -0.3 is 14.8 Å². The number of nitrogens with zero attached hydrogens (tertiary/aromatic N) is 1. The normalized spacial score (nSPS) is 11.7. The van der Waals surface area contributed by atoms with Gasteiger partial charge in [-0.3, -0.25) is 13.9 Å². The molecule has 38 heavy (non-hydrogen) atoms. The maximum atomic E-state index is 13.5. The predicted molar refractivity (Wildman–Crippen MR) is 139 cm³/mol. The third kappa shape index (κ3) is 6.34. The summed E-state index contributed by atoms with van der Waals surface area (Å²) < 4.78 is 77.1. The molecule has 0 saturated carbocycles. The lowest BCUT2D eigenvalue weighted by atomic mass is 10.1. The van der Waals surface area contributed by atoms with Crippen molar-refractivity contribution in [2.45, 2.75) is 18.0 Å². The number of methoxy groups -OCH3 is 1. The molecule has 8 nitrogen and oxygen atoms in total. The number of hydrogen-bond donors (Lipinski definition) is 1. The second-order valence-electron chi connectivity index (χ2n) is 7.49. The monoisotopic (exact) mass is 610 g/mol. The van der Waals surface area contributed by atoms with E-state index in [9.17, 15) is 31.2 Å². The summed E-state index contributed by atoms with van der Waals surface area (Å²) in [4.78, 5) is 23.9. The number of ether oxygens (including phenoxy) is 2. The number of anilines is 2. The van der Waals surface area contributed by atoms with Crippen LogP contribution in [0.4, 0.5) is 24.5 Å². The molecular formula is C23H19Cl2F3N2O6S2. The van der Waals surface area contributed by atoms with Crippen LogP contribution in [0.1, 0.15) is 27.0 Å². The van der Waals surface area contributed by atoms with Gasteiger partial charge >= 0.3 is 6.18 Å². The highest BCUT2D eigenvalue weighted by Gasteiger charge is 2.39. The van der Waals surface area contributed by atoms with Crippen LogP contribution < -0.4 is 19.1 Å². The molecule has 1 amide bonds. The van der Waals surface area contributed by atoms with E-state index in [1.165, 1.54) is 32.4 Å². The van der Waals surface area contributed by atoms with Crippen molar-refractivity contribution >= 4 is 67.6 Å². The zero-order valence-corrected chi connectivity index (χ0v) is 23.0. The van der Waals surface area contributed by atoms with Crippen molar-refractivity contribution < 1.29 is 40.7 Å². The van der Waals surface area contributed by atoms with Gasteiger partial charge in [-0.05, 0) is 43.3 Å². The molecule has 3 aromatic rings. The number of Topliss-reactive ketones (excluding diaryl/α,β-unsaturated/α-hetero) is 1. The lowest BCUT2D eigenvalue weighted by molar-refractivity contribution is -0.0885. The maximum absolute atomic E-state index is 13.5. The molecule has 0 radical (unpaired) electrons. The average Bonchev–Trinajstić information content (AvgIpc) is 3.25. The highest BCUT2D eigenvalue weighted by Crippen LogP contribution is 2.37. The third-order valence-electron chi connectivity index (χ3n) is 5.00. The molecule has 0 atom stereocenters. The van der Waals surface area contributed by atoms with Gasteiger partial charge in [0.1, 0.15) is 9.77 Å². The van der Waals surface area contributed by atoms with Crippen molar-refractivity contribution in [1.82, 2.24) is 0 Å². The Labute approximate surface area is 229 Å². The standard InChI is InChI=1S/C23H19Cl2F3N2O6S2/c1-4-36-16-6-5-15(10-17(16)35-3)30(2)38(33,34)18-11-19(25)37-20(18)22(32)29-14-8-12(7-13(24)9-14)21(31)23(26,27)28/h5-11H,4H2,1-3H3,(H,29,32). The number of nitrogens with one attached hydrogen (secondary N) is 1. The number of ketones is 1. The Balaban J connectivity index is 1.96. The second-order valence-corrected chi connectivity index (χ2v) is 11.6. The van der Waals surface area contributed by atoms with E-state index in [0.717, 1.165) is 28.6 Å². The summed E-state index contributed by atoms with van der Waals surface area (Å²) in [6.07, 6.45) is -5.16. The topological polar surface area (TPSA) is 102 Å². The number of carbonyl (C=O) groups excluding carboxylic acids is 2. The summed E-state index contributed by atoms with van der Waals surface area (Å²) in [5, 5.41) is 2.03. The molecule has 204 valence electrons. The number of alkyl halides is 3. The fourth-order valence-corrected chi connectivity index (χ4v) is 6.36. The molecular weight excluding hydrogens is 592 g/mol. The van der Waals surface area contributed by atoms with Crippen LogP contribution in [0.2, 0.25) is 9.36 Å². The van der Waals surface area contributed by atoms with Crippen LogP contribution in [0.3, 0.4) is 0 Å². The van der Waals surface area contributed by atoms with Crippen LogP contribution in [-0.4, -0.2) is 47.0 Å². The Morgan fingerprint density at radius 2 is 1.76 bits per heavy atom. The molecule has 0 bridgehead atoms. The fourth-order valence-electron chi connectivity index (χ4n) is 3.25. The molecule has 0 aliphatic heterocycles. The number of rotatable bonds is 9. The van der Waals surface area contributed by atoms with E-state index >= 15 is 0 Å². The van der Waals surface area contributed by atoms with Crippen LogP contribution in [0, 0.1) is 0 Å². The summed E-state index contributed by atoms with van der Waals surface area (Å²) >= 11 is 12.5. The van der Waals surface area contributed by atoms with E-state index < -0.39 is 38.3 Å². The molecule has 0 spiro atoms. The van der Waals surface area contributed by atoms with Crippen LogP contribution in [0.15, 0.2) is 47.4 Å². The van der Waals surface area contributed by atoms with Gasteiger partial charge in [-0.2, -0.15) is 13.2 Å². The second kappa shape index (κ2) is 11.4. The van der Waals surface area contributed by atoms with Crippen molar-refractivity contribution in [3.05, 3.63) is 62.3 Å². The van der Waals surface area contributed by atoms with Crippen molar-refractivity contribution in [1.29, 1.82) is 0 Å². The van der Waals surface area contributed by atoms with E-state index in [4.69, 9.17) is 32.7 Å². The van der Waals surface area contributed by atoms with Crippen LogP contribution >= 0.6 is 34.5 Å². The summed E-state index contributed by atoms with van der Waals surface area (Å²) in [7, 11) is -1.72. The van der Waals surface area contributed by atoms with Gasteiger partial charge in [-0.25, -0.2) is 8.42 Å². The smallest absolute Gasteiger partial charge is 0.454 e. The number of halogens is 5. The lowest BCUT2D eigenvalue weighted by Crippen LogP contribution is -2.28. The molecule has 15 heteroatoms. The van der Waals surface area contributed by atoms with E-state index in [2.05, 4.69) is 5.32 Å². The summed E-state index contributed by atoms with van der Waals surface area (Å²) in [6, 6.07) is 8.19. The molecule has 0 aliphatic carbocycles. The Morgan fingerprint density at radius 1 is 1.08 bits per heavy atom. The molecule has 0 saturated heterocycles. The highest BCUT2D eigenvalue weighted by molar-refractivity contribution is 7.93. The molecule has 0 fully saturated rings. The minimum absolute atomic E-state index is 0.0366. The Morgan fingerprint density at radius 3 is 2.37 bits per heavy atom. The van der Waals surface area contributed by atoms with Gasteiger partial charge in [0.05, 0.1) is 23.7 Å². The van der Waals surface area contributed by atoms with Gasteiger partial charge in [0.25, 0.3) is 21.7 Å². The number of benzene rings is 2. The first-order valence-electron chi connectivity index (χ1n) is 10.5. The summed E-state index contributed by atoms with van der Waals surface area (Å²) in [5.41, 5.74) is -0.877. The molecule has 1 aromatic heterocycles. The van der Waals surface area contributed by atoms with Crippen LogP contribution in [0.25, 0.3) is 0 Å². The first kappa shape index (κ1) is 29.6. The zero-order chi connectivity index (χ0) is 28.4. The Kier molecular flexibility index (Phi) is 8.86. The van der Waals surface area contributed by atoms with Gasteiger partial charge in [0.15, 0.2) is 11.5 Å². The van der Waals surface area contributed by atoms with E-state index in [0.29, 0.717) is 23.7 Å². The third-order valence-corrected chi connectivity index (χ3v) is 8.42. The van der Waals surface area contributed by atoms with Crippen molar-refractivity contribution in [2.24, 2.45) is 0 Å². The van der Waals surface area contributed by atoms with Gasteiger partial charge in [0.2, 0.25) is 0 Å². The number of amides is 1. The number of sulfonamides is 1. The molecule has 2 aromatic carbocycles. The molecule has 1 N–H and O–H groups in total. The minimum atomic E-state index is -5.16. The minimum Gasteiger partial charge on any atom is -0.493 e. The SMILES string of the molecule is CCOc1ccc(N(C)S(=O)(=O)c2cc(Cl)sc2C(=O)Nc2cc(Cl)cc(C(=O)C(F)(F)F)c2)cc1OC. The van der Waals surface area contributed by atoms with Crippen LogP contribution in [0.5, 0.6) is 11.5 Å². The lowest BCUT2D eigenvalue weighted by Gasteiger charge is -2.21. The average molecular weight is 611 g/mol. The molecule has 0 unspecified atom stereocenters. The summed E-state index contributed by atoms with van der Waals surface area (Å²) in [5.74, 6) is -2.48. The Hall–Kier alpha value is -3.00. The first-order valence-corrected chi connectivity index (χ1v) is 13.5. The summed E-state index contributed by atoms with van der Waals surface area (Å²) in [6.45, 7) is 2.13. The molecule has 3 rings (SSSR count). The number of carbonyl (C=O) groups is 2. The van der Waals surface area contributed by atoms with E-state index in [1.54, 1.807) is 6.92 Å². The first-order chi connectivity index (χ1) is 17.7. The number of thiophene rings is 1. The van der Waals surface area contributed by atoms with Crippen LogP contribution in [-0.2, 0) is 10.0 Å².